The minimum atomic E-state index is -0.219. The van der Waals surface area contributed by atoms with Crippen molar-refractivity contribution < 1.29 is 5.11 Å². The molecule has 0 aromatic rings. The van der Waals surface area contributed by atoms with Gasteiger partial charge < -0.3 is 10.4 Å². The maximum atomic E-state index is 8.80. The predicted octanol–water partition coefficient (Wildman–Crippen LogP) is 0.613. The lowest BCUT2D eigenvalue weighted by atomic mass is 10.2. The highest BCUT2D eigenvalue weighted by Crippen LogP contribution is 1.86. The quantitative estimate of drug-likeness (QED) is 0.586. The first kappa shape index (κ1) is 8.92. The van der Waals surface area contributed by atoms with Crippen molar-refractivity contribution in [2.24, 2.45) is 5.92 Å². The van der Waals surface area contributed by atoms with Gasteiger partial charge in [-0.3, -0.25) is 0 Å². The molecule has 2 N–H and O–H groups in total. The number of aliphatic hydroxyl groups is 1. The van der Waals surface area contributed by atoms with Crippen molar-refractivity contribution in [1.29, 1.82) is 0 Å². The van der Waals surface area contributed by atoms with E-state index in [0.717, 1.165) is 6.54 Å². The number of aliphatic hydroxyl groups excluding tert-OH is 1. The van der Waals surface area contributed by atoms with Crippen LogP contribution in [0.2, 0.25) is 0 Å². The van der Waals surface area contributed by atoms with Crippen LogP contribution in [0.5, 0.6) is 0 Å². The number of hydrogen-bond donors (Lipinski definition) is 2. The average molecular weight is 131 g/mol. The second-order valence-electron chi connectivity index (χ2n) is 2.90. The minimum Gasteiger partial charge on any atom is -0.392 e. The standard InChI is InChI=1S/C7H17NO/c1-6(2)4-8-5-7(3)9/h6-9H,4-5H2,1-3H3/t7-/m1/s1. The summed E-state index contributed by atoms with van der Waals surface area (Å²) in [6.07, 6.45) is -0.219. The van der Waals surface area contributed by atoms with E-state index < -0.39 is 0 Å². The third kappa shape index (κ3) is 7.92. The van der Waals surface area contributed by atoms with Crippen LogP contribution < -0.4 is 5.32 Å². The molecule has 2 nitrogen and oxygen atoms in total. The Labute approximate surface area is 57.3 Å². The second kappa shape index (κ2) is 4.77. The number of hydrogen-bond acceptors (Lipinski definition) is 2. The highest BCUT2D eigenvalue weighted by molar-refractivity contribution is 4.54. The molecule has 0 aromatic heterocycles. The van der Waals surface area contributed by atoms with Crippen LogP contribution in [0, 0.1) is 5.92 Å². The Hall–Kier alpha value is -0.0800. The van der Waals surface area contributed by atoms with E-state index in [9.17, 15) is 0 Å². The molecule has 0 radical (unpaired) electrons. The summed E-state index contributed by atoms with van der Waals surface area (Å²) < 4.78 is 0. The number of nitrogens with one attached hydrogen (secondary N) is 1. The number of rotatable bonds is 4. The van der Waals surface area contributed by atoms with Crippen molar-refractivity contribution in [3.63, 3.8) is 0 Å². The van der Waals surface area contributed by atoms with Gasteiger partial charge in [0.15, 0.2) is 0 Å². The van der Waals surface area contributed by atoms with Crippen LogP contribution in [-0.4, -0.2) is 24.3 Å². The van der Waals surface area contributed by atoms with Crippen molar-refractivity contribution in [3.05, 3.63) is 0 Å². The molecule has 9 heavy (non-hydrogen) atoms. The zero-order valence-electron chi connectivity index (χ0n) is 6.52. The molecule has 0 rings (SSSR count). The molecule has 0 fully saturated rings. The van der Waals surface area contributed by atoms with Crippen LogP contribution in [0.3, 0.4) is 0 Å². The maximum absolute atomic E-state index is 8.80. The van der Waals surface area contributed by atoms with Gasteiger partial charge in [0.2, 0.25) is 0 Å². The van der Waals surface area contributed by atoms with E-state index in [0.29, 0.717) is 12.5 Å². The van der Waals surface area contributed by atoms with Gasteiger partial charge in [-0.05, 0) is 19.4 Å². The van der Waals surface area contributed by atoms with E-state index >= 15 is 0 Å². The summed E-state index contributed by atoms with van der Waals surface area (Å²) in [5.41, 5.74) is 0. The monoisotopic (exact) mass is 131 g/mol. The van der Waals surface area contributed by atoms with Crippen LogP contribution in [-0.2, 0) is 0 Å². The van der Waals surface area contributed by atoms with E-state index in [4.69, 9.17) is 5.11 Å². The lowest BCUT2D eigenvalue weighted by molar-refractivity contribution is 0.190. The molecule has 0 heterocycles. The van der Waals surface area contributed by atoms with Crippen molar-refractivity contribution in [1.82, 2.24) is 5.32 Å². The first-order valence-corrected chi connectivity index (χ1v) is 3.51. The molecule has 2 heteroatoms. The molecule has 56 valence electrons. The Balaban J connectivity index is 2.91. The lowest BCUT2D eigenvalue weighted by Gasteiger charge is -2.08. The van der Waals surface area contributed by atoms with Gasteiger partial charge in [-0.25, -0.2) is 0 Å². The molecule has 0 saturated heterocycles. The average Bonchev–Trinajstić information content (AvgIpc) is 1.63. The van der Waals surface area contributed by atoms with Crippen LogP contribution in [0.15, 0.2) is 0 Å². The first-order valence-electron chi connectivity index (χ1n) is 3.51. The van der Waals surface area contributed by atoms with Crippen LogP contribution in [0.25, 0.3) is 0 Å². The zero-order chi connectivity index (χ0) is 7.28. The van der Waals surface area contributed by atoms with Crippen molar-refractivity contribution >= 4 is 0 Å². The zero-order valence-corrected chi connectivity index (χ0v) is 6.52. The Morgan fingerprint density at radius 2 is 1.78 bits per heavy atom. The fraction of sp³-hybridized carbons (Fsp3) is 1.00. The summed E-state index contributed by atoms with van der Waals surface area (Å²) in [4.78, 5) is 0. The summed E-state index contributed by atoms with van der Waals surface area (Å²) in [6, 6.07) is 0. The van der Waals surface area contributed by atoms with Gasteiger partial charge in [-0.1, -0.05) is 13.8 Å². The van der Waals surface area contributed by atoms with Crippen LogP contribution in [0.1, 0.15) is 20.8 Å². The summed E-state index contributed by atoms with van der Waals surface area (Å²) >= 11 is 0. The third-order valence-corrected chi connectivity index (χ3v) is 0.992. The van der Waals surface area contributed by atoms with E-state index in [1.54, 1.807) is 6.92 Å². The Bertz CT molecular complexity index is 53.9. The largest absolute Gasteiger partial charge is 0.392 e. The molecule has 0 aliphatic carbocycles. The van der Waals surface area contributed by atoms with Gasteiger partial charge >= 0.3 is 0 Å². The molecule has 0 aliphatic rings. The Morgan fingerprint density at radius 1 is 1.22 bits per heavy atom. The molecule has 0 aliphatic heterocycles. The summed E-state index contributed by atoms with van der Waals surface area (Å²) in [5.74, 6) is 0.670. The van der Waals surface area contributed by atoms with Gasteiger partial charge in [-0.2, -0.15) is 0 Å². The van der Waals surface area contributed by atoms with Crippen molar-refractivity contribution in [2.75, 3.05) is 13.1 Å². The SMILES string of the molecule is CC(C)CNC[C@@H](C)O. The Kier molecular flexibility index (Phi) is 4.72. The van der Waals surface area contributed by atoms with Gasteiger partial charge in [0.25, 0.3) is 0 Å². The molecule has 0 bridgehead atoms. The fourth-order valence-electron chi connectivity index (χ4n) is 0.581. The molecule has 0 unspecified atom stereocenters. The van der Waals surface area contributed by atoms with Gasteiger partial charge in [0.05, 0.1) is 6.10 Å². The van der Waals surface area contributed by atoms with E-state index in [2.05, 4.69) is 19.2 Å². The van der Waals surface area contributed by atoms with Crippen molar-refractivity contribution in [2.45, 2.75) is 26.9 Å². The van der Waals surface area contributed by atoms with Crippen LogP contribution >= 0.6 is 0 Å². The first-order chi connectivity index (χ1) is 4.13. The molecule has 0 amide bonds. The van der Waals surface area contributed by atoms with Gasteiger partial charge in [-0.15, -0.1) is 0 Å². The molecule has 0 saturated carbocycles. The minimum absolute atomic E-state index is 0.219. The topological polar surface area (TPSA) is 32.3 Å². The van der Waals surface area contributed by atoms with Gasteiger partial charge in [0, 0.05) is 6.54 Å². The van der Waals surface area contributed by atoms with Crippen LogP contribution in [0.4, 0.5) is 0 Å². The fourth-order valence-corrected chi connectivity index (χ4v) is 0.581. The molecular weight excluding hydrogens is 114 g/mol. The highest BCUT2D eigenvalue weighted by atomic mass is 16.3. The van der Waals surface area contributed by atoms with Gasteiger partial charge in [0.1, 0.15) is 0 Å². The normalized spacial score (nSPS) is 14.3. The highest BCUT2D eigenvalue weighted by Gasteiger charge is 1.95. The smallest absolute Gasteiger partial charge is 0.0636 e. The molecule has 0 aromatic carbocycles. The Morgan fingerprint density at radius 3 is 2.11 bits per heavy atom. The summed E-state index contributed by atoms with van der Waals surface area (Å²) in [6.45, 7) is 7.78. The van der Waals surface area contributed by atoms with Crippen molar-refractivity contribution in [3.8, 4) is 0 Å². The predicted molar refractivity (Wildman–Crippen MR) is 39.4 cm³/mol. The van der Waals surface area contributed by atoms with E-state index in [1.165, 1.54) is 0 Å². The van der Waals surface area contributed by atoms with E-state index in [-0.39, 0.29) is 6.10 Å². The van der Waals surface area contributed by atoms with E-state index in [1.807, 2.05) is 0 Å². The lowest BCUT2D eigenvalue weighted by Crippen LogP contribution is -2.27. The summed E-state index contributed by atoms with van der Waals surface area (Å²) in [5, 5.41) is 11.9. The second-order valence-corrected chi connectivity index (χ2v) is 2.90. The third-order valence-electron chi connectivity index (χ3n) is 0.992. The summed E-state index contributed by atoms with van der Waals surface area (Å²) in [7, 11) is 0. The molecule has 1 atom stereocenters. The molecular formula is C7H17NO. The molecule has 0 spiro atoms. The maximum Gasteiger partial charge on any atom is 0.0636 e.